The molecule has 1 aromatic carbocycles. The standard InChI is InChI=1S/C19H29FO2/c1-4-5-6-7-19(20)14-22-15(2)8-9-17-10-12-18(13-11-17)16(3)21/h10-13,15,19H,4-9,14H2,1-3H3. The smallest absolute Gasteiger partial charge is 0.159 e. The number of benzene rings is 1. The van der Waals surface area contributed by atoms with Crippen molar-refractivity contribution in [1.29, 1.82) is 0 Å². The van der Waals surface area contributed by atoms with Crippen LogP contribution in [0.3, 0.4) is 0 Å². The summed E-state index contributed by atoms with van der Waals surface area (Å²) in [5.41, 5.74) is 1.92. The van der Waals surface area contributed by atoms with Gasteiger partial charge in [0.2, 0.25) is 0 Å². The lowest BCUT2D eigenvalue weighted by molar-refractivity contribution is 0.0217. The molecular weight excluding hydrogens is 279 g/mol. The molecule has 2 atom stereocenters. The van der Waals surface area contributed by atoms with Crippen molar-refractivity contribution in [3.63, 3.8) is 0 Å². The Morgan fingerprint density at radius 2 is 1.86 bits per heavy atom. The molecule has 22 heavy (non-hydrogen) atoms. The first-order valence-electron chi connectivity index (χ1n) is 8.38. The van der Waals surface area contributed by atoms with Crippen LogP contribution in [0.1, 0.15) is 68.8 Å². The molecule has 0 fully saturated rings. The van der Waals surface area contributed by atoms with Gasteiger partial charge in [-0.05, 0) is 38.7 Å². The van der Waals surface area contributed by atoms with E-state index >= 15 is 0 Å². The zero-order valence-electron chi connectivity index (χ0n) is 14.1. The molecular formula is C19H29FO2. The molecule has 0 saturated carbocycles. The number of carbonyl (C=O) groups excluding carboxylic acids is 1. The minimum Gasteiger partial charge on any atom is -0.375 e. The monoisotopic (exact) mass is 308 g/mol. The van der Waals surface area contributed by atoms with Crippen molar-refractivity contribution in [2.24, 2.45) is 0 Å². The summed E-state index contributed by atoms with van der Waals surface area (Å²) in [4.78, 5) is 11.2. The number of hydrogen-bond acceptors (Lipinski definition) is 2. The number of ketones is 1. The third kappa shape index (κ3) is 7.69. The van der Waals surface area contributed by atoms with Crippen molar-refractivity contribution < 1.29 is 13.9 Å². The zero-order valence-corrected chi connectivity index (χ0v) is 14.1. The number of halogens is 1. The molecule has 0 heterocycles. The third-order valence-corrected chi connectivity index (χ3v) is 3.88. The van der Waals surface area contributed by atoms with E-state index < -0.39 is 6.17 Å². The van der Waals surface area contributed by atoms with Gasteiger partial charge in [-0.1, -0.05) is 50.5 Å². The Morgan fingerprint density at radius 3 is 2.45 bits per heavy atom. The molecule has 0 aromatic heterocycles. The molecule has 0 amide bonds. The SMILES string of the molecule is CCCCCC(F)COC(C)CCc1ccc(C(C)=O)cc1. The molecule has 0 radical (unpaired) electrons. The molecule has 0 N–H and O–H groups in total. The maximum Gasteiger partial charge on any atom is 0.159 e. The van der Waals surface area contributed by atoms with Crippen molar-refractivity contribution >= 4 is 5.78 Å². The van der Waals surface area contributed by atoms with Crippen molar-refractivity contribution in [1.82, 2.24) is 0 Å². The molecule has 0 aliphatic carbocycles. The van der Waals surface area contributed by atoms with Gasteiger partial charge in [0.25, 0.3) is 0 Å². The van der Waals surface area contributed by atoms with Gasteiger partial charge in [0.1, 0.15) is 6.17 Å². The highest BCUT2D eigenvalue weighted by atomic mass is 19.1. The summed E-state index contributed by atoms with van der Waals surface area (Å²) in [7, 11) is 0. The zero-order chi connectivity index (χ0) is 16.4. The predicted molar refractivity (Wildman–Crippen MR) is 89.2 cm³/mol. The van der Waals surface area contributed by atoms with Gasteiger partial charge in [-0.2, -0.15) is 0 Å². The molecule has 2 unspecified atom stereocenters. The lowest BCUT2D eigenvalue weighted by Gasteiger charge is -2.15. The van der Waals surface area contributed by atoms with E-state index in [4.69, 9.17) is 4.74 Å². The average molecular weight is 308 g/mol. The number of ether oxygens (including phenoxy) is 1. The van der Waals surface area contributed by atoms with E-state index in [2.05, 4.69) is 6.92 Å². The van der Waals surface area contributed by atoms with Crippen LogP contribution in [0.5, 0.6) is 0 Å². The van der Waals surface area contributed by atoms with E-state index in [-0.39, 0.29) is 18.5 Å². The summed E-state index contributed by atoms with van der Waals surface area (Å²) in [6.45, 7) is 5.88. The van der Waals surface area contributed by atoms with Crippen molar-refractivity contribution in [2.45, 2.75) is 71.6 Å². The summed E-state index contributed by atoms with van der Waals surface area (Å²) in [6, 6.07) is 7.67. The summed E-state index contributed by atoms with van der Waals surface area (Å²) < 4.78 is 19.2. The summed E-state index contributed by atoms with van der Waals surface area (Å²) >= 11 is 0. The Morgan fingerprint density at radius 1 is 1.18 bits per heavy atom. The van der Waals surface area contributed by atoms with E-state index in [0.29, 0.717) is 6.42 Å². The number of carbonyl (C=O) groups is 1. The fraction of sp³-hybridized carbons (Fsp3) is 0.632. The molecule has 0 saturated heterocycles. The second kappa shape index (κ2) is 10.5. The highest BCUT2D eigenvalue weighted by Gasteiger charge is 2.10. The Balaban J connectivity index is 2.22. The minimum atomic E-state index is -0.844. The van der Waals surface area contributed by atoms with Gasteiger partial charge in [0, 0.05) is 5.56 Å². The second-order valence-corrected chi connectivity index (χ2v) is 6.03. The van der Waals surface area contributed by atoms with Crippen LogP contribution in [0.4, 0.5) is 4.39 Å². The number of unbranched alkanes of at least 4 members (excludes halogenated alkanes) is 2. The first-order valence-corrected chi connectivity index (χ1v) is 8.38. The molecule has 1 aromatic rings. The van der Waals surface area contributed by atoms with E-state index in [0.717, 1.165) is 37.7 Å². The van der Waals surface area contributed by atoms with Crippen LogP contribution in [0.2, 0.25) is 0 Å². The molecule has 3 heteroatoms. The van der Waals surface area contributed by atoms with E-state index in [9.17, 15) is 9.18 Å². The molecule has 2 nitrogen and oxygen atoms in total. The van der Waals surface area contributed by atoms with Crippen molar-refractivity contribution in [3.05, 3.63) is 35.4 Å². The lowest BCUT2D eigenvalue weighted by atomic mass is 10.0. The van der Waals surface area contributed by atoms with Gasteiger partial charge in [0.15, 0.2) is 5.78 Å². The van der Waals surface area contributed by atoms with Gasteiger partial charge in [-0.25, -0.2) is 4.39 Å². The van der Waals surface area contributed by atoms with Crippen LogP contribution in [0, 0.1) is 0 Å². The fourth-order valence-electron chi connectivity index (χ4n) is 2.33. The number of rotatable bonds is 11. The van der Waals surface area contributed by atoms with Gasteiger partial charge in [-0.15, -0.1) is 0 Å². The number of aryl methyl sites for hydroxylation is 1. The Kier molecular flexibility index (Phi) is 8.98. The van der Waals surface area contributed by atoms with Gasteiger partial charge < -0.3 is 4.74 Å². The van der Waals surface area contributed by atoms with Gasteiger partial charge >= 0.3 is 0 Å². The average Bonchev–Trinajstić information content (AvgIpc) is 2.51. The first kappa shape index (κ1) is 18.8. The third-order valence-electron chi connectivity index (χ3n) is 3.88. The van der Waals surface area contributed by atoms with Crippen molar-refractivity contribution in [3.8, 4) is 0 Å². The number of Topliss-reactive ketones (excluding diaryl/α,β-unsaturated/α-hetero) is 1. The van der Waals surface area contributed by atoms with Gasteiger partial charge in [-0.3, -0.25) is 4.79 Å². The maximum absolute atomic E-state index is 13.6. The lowest BCUT2D eigenvalue weighted by Crippen LogP contribution is -2.17. The summed E-state index contributed by atoms with van der Waals surface area (Å²) in [5, 5.41) is 0. The van der Waals surface area contributed by atoms with Crippen LogP contribution in [0.25, 0.3) is 0 Å². The summed E-state index contributed by atoms with van der Waals surface area (Å²) in [6.07, 6.45) is 4.71. The highest BCUT2D eigenvalue weighted by Crippen LogP contribution is 2.12. The normalized spacial score (nSPS) is 13.8. The topological polar surface area (TPSA) is 26.3 Å². The second-order valence-electron chi connectivity index (χ2n) is 6.03. The van der Waals surface area contributed by atoms with Crippen LogP contribution < -0.4 is 0 Å². The van der Waals surface area contributed by atoms with E-state index in [1.807, 2.05) is 31.2 Å². The first-order chi connectivity index (χ1) is 10.5. The quantitative estimate of drug-likeness (QED) is 0.417. The molecule has 0 aliphatic heterocycles. The molecule has 1 rings (SSSR count). The largest absolute Gasteiger partial charge is 0.375 e. The number of alkyl halides is 1. The number of hydrogen-bond donors (Lipinski definition) is 0. The highest BCUT2D eigenvalue weighted by molar-refractivity contribution is 5.93. The van der Waals surface area contributed by atoms with Crippen LogP contribution in [-0.2, 0) is 11.2 Å². The molecule has 0 aliphatic rings. The molecule has 0 bridgehead atoms. The maximum atomic E-state index is 13.6. The fourth-order valence-corrected chi connectivity index (χ4v) is 2.33. The Labute approximate surface area is 134 Å². The molecule has 0 spiro atoms. The van der Waals surface area contributed by atoms with Gasteiger partial charge in [0.05, 0.1) is 12.7 Å². The van der Waals surface area contributed by atoms with Crippen LogP contribution in [-0.4, -0.2) is 24.7 Å². The minimum absolute atomic E-state index is 0.0527. The Hall–Kier alpha value is -1.22. The summed E-state index contributed by atoms with van der Waals surface area (Å²) in [5.74, 6) is 0.0836. The van der Waals surface area contributed by atoms with Crippen molar-refractivity contribution in [2.75, 3.05) is 6.61 Å². The molecule has 124 valence electrons. The predicted octanol–water partition coefficient (Wildman–Crippen LogP) is 5.15. The Bertz CT molecular complexity index is 428. The van der Waals surface area contributed by atoms with E-state index in [1.54, 1.807) is 6.92 Å². The van der Waals surface area contributed by atoms with E-state index in [1.165, 1.54) is 5.56 Å². The van der Waals surface area contributed by atoms with Crippen LogP contribution in [0.15, 0.2) is 24.3 Å². The van der Waals surface area contributed by atoms with Crippen LogP contribution >= 0.6 is 0 Å².